The minimum Gasteiger partial charge on any atom is -0.383 e. The average Bonchev–Trinajstić information content (AvgIpc) is 3.49. The third kappa shape index (κ3) is 5.82. The summed E-state index contributed by atoms with van der Waals surface area (Å²) in [6.07, 6.45) is 8.24. The molecule has 0 radical (unpaired) electrons. The quantitative estimate of drug-likeness (QED) is 0.375. The van der Waals surface area contributed by atoms with Gasteiger partial charge in [0.25, 0.3) is 0 Å². The highest BCUT2D eigenvalue weighted by atomic mass is 32.1. The smallest absolute Gasteiger partial charge is 0.152 e. The van der Waals surface area contributed by atoms with Crippen molar-refractivity contribution < 1.29 is 4.74 Å². The first-order valence-electron chi connectivity index (χ1n) is 14.5. The molecule has 0 amide bonds. The highest BCUT2D eigenvalue weighted by Gasteiger charge is 2.27. The summed E-state index contributed by atoms with van der Waals surface area (Å²) in [6.45, 7) is 14.4. The maximum atomic E-state index is 6.56. The summed E-state index contributed by atoms with van der Waals surface area (Å²) in [4.78, 5) is 16.6. The second-order valence-electron chi connectivity index (χ2n) is 11.5. The van der Waals surface area contributed by atoms with Crippen LogP contribution in [0.1, 0.15) is 75.9 Å². The van der Waals surface area contributed by atoms with Crippen LogP contribution in [0.5, 0.6) is 0 Å². The number of hydrogen-bond donors (Lipinski definition) is 1. The fraction of sp³-hybridized carbons (Fsp3) is 0.724. The number of ether oxygens (including phenoxy) is 1. The van der Waals surface area contributed by atoms with Crippen molar-refractivity contribution in [1.29, 1.82) is 0 Å². The van der Waals surface area contributed by atoms with E-state index in [1.165, 1.54) is 66.1 Å². The van der Waals surface area contributed by atoms with Gasteiger partial charge >= 0.3 is 0 Å². The van der Waals surface area contributed by atoms with Crippen LogP contribution in [0.4, 0.5) is 5.82 Å². The van der Waals surface area contributed by atoms with Crippen LogP contribution in [0.3, 0.4) is 0 Å². The molecule has 2 fully saturated rings. The van der Waals surface area contributed by atoms with Gasteiger partial charge in [-0.3, -0.25) is 0 Å². The molecule has 0 aliphatic carbocycles. The number of fused-ring (bicyclic) bond motifs is 3. The molecule has 8 heteroatoms. The number of methoxy groups -OCH3 is 1. The molecule has 0 aromatic carbocycles. The molecule has 2 N–H and O–H groups in total. The third-order valence-corrected chi connectivity index (χ3v) is 9.95. The second kappa shape index (κ2) is 12.0. The Labute approximate surface area is 226 Å². The number of nitrogen functional groups attached to an aromatic ring is 1. The van der Waals surface area contributed by atoms with Crippen LogP contribution >= 0.6 is 11.3 Å². The topological polar surface area (TPSA) is 72.4 Å². The number of nitrogens with two attached hydrogens (primary N) is 1. The van der Waals surface area contributed by atoms with E-state index in [2.05, 4.69) is 41.2 Å². The predicted molar refractivity (Wildman–Crippen MR) is 156 cm³/mol. The van der Waals surface area contributed by atoms with Gasteiger partial charge in [0.05, 0.1) is 22.3 Å². The lowest BCUT2D eigenvalue weighted by atomic mass is 9.94. The van der Waals surface area contributed by atoms with Crippen molar-refractivity contribution in [2.45, 2.75) is 84.2 Å². The number of aromatic nitrogens is 3. The van der Waals surface area contributed by atoms with Crippen molar-refractivity contribution >= 4 is 38.4 Å². The number of aryl methyl sites for hydroxylation is 1. The lowest BCUT2D eigenvalue weighted by Gasteiger charge is -2.34. The molecule has 2 saturated heterocycles. The molecular weight excluding hydrogens is 480 g/mol. The van der Waals surface area contributed by atoms with E-state index in [9.17, 15) is 0 Å². The van der Waals surface area contributed by atoms with E-state index in [1.807, 2.05) is 11.3 Å². The van der Waals surface area contributed by atoms with E-state index >= 15 is 0 Å². The van der Waals surface area contributed by atoms with Gasteiger partial charge in [-0.05, 0) is 90.0 Å². The first-order valence-corrected chi connectivity index (χ1v) is 15.3. The Morgan fingerprint density at radius 2 is 1.86 bits per heavy atom. The van der Waals surface area contributed by atoms with Crippen LogP contribution in [-0.4, -0.2) is 76.8 Å². The van der Waals surface area contributed by atoms with Crippen molar-refractivity contribution in [3.05, 3.63) is 16.8 Å². The number of likely N-dealkylation sites (tertiary alicyclic amines) is 2. The fourth-order valence-corrected chi connectivity index (χ4v) is 7.56. The molecule has 37 heavy (non-hydrogen) atoms. The molecule has 0 unspecified atom stereocenters. The summed E-state index contributed by atoms with van der Waals surface area (Å²) in [5, 5.41) is 0. The Kier molecular flexibility index (Phi) is 8.69. The molecule has 5 heterocycles. The summed E-state index contributed by atoms with van der Waals surface area (Å²) in [6, 6.07) is 2.97. The van der Waals surface area contributed by atoms with E-state index in [1.54, 1.807) is 7.11 Å². The molecule has 2 aliphatic rings. The summed E-state index contributed by atoms with van der Waals surface area (Å²) < 4.78 is 9.13. The number of hydrogen-bond acceptors (Lipinski definition) is 7. The molecule has 0 atom stereocenters. The van der Waals surface area contributed by atoms with Crippen molar-refractivity contribution in [3.8, 4) is 0 Å². The maximum Gasteiger partial charge on any atom is 0.152 e. The zero-order valence-corrected chi connectivity index (χ0v) is 24.2. The molecule has 0 saturated carbocycles. The number of nitrogens with zero attached hydrogens (tertiary/aromatic N) is 5. The van der Waals surface area contributed by atoms with E-state index in [4.69, 9.17) is 20.4 Å². The first kappa shape index (κ1) is 26.9. The van der Waals surface area contributed by atoms with Crippen LogP contribution in [0.15, 0.2) is 6.07 Å². The van der Waals surface area contributed by atoms with Gasteiger partial charge in [0.15, 0.2) is 5.82 Å². The van der Waals surface area contributed by atoms with Gasteiger partial charge in [0.1, 0.15) is 11.3 Å². The van der Waals surface area contributed by atoms with Crippen molar-refractivity contribution in [3.63, 3.8) is 0 Å². The third-order valence-electron chi connectivity index (χ3n) is 8.65. The van der Waals surface area contributed by atoms with Crippen molar-refractivity contribution in [1.82, 2.24) is 24.3 Å². The Morgan fingerprint density at radius 3 is 2.54 bits per heavy atom. The molecule has 0 spiro atoms. The summed E-state index contributed by atoms with van der Waals surface area (Å²) >= 11 is 1.95. The Morgan fingerprint density at radius 1 is 1.11 bits per heavy atom. The summed E-state index contributed by atoms with van der Waals surface area (Å²) in [5.41, 5.74) is 9.78. The van der Waals surface area contributed by atoms with Crippen LogP contribution in [0, 0.1) is 5.92 Å². The maximum absolute atomic E-state index is 6.56. The monoisotopic (exact) mass is 526 g/mol. The number of pyridine rings is 1. The lowest BCUT2D eigenvalue weighted by Crippen LogP contribution is -2.37. The van der Waals surface area contributed by atoms with Crippen LogP contribution < -0.4 is 5.73 Å². The SMILES string of the molecule is CCCCc1nc2c(N)nc3cc(C4CCN(C(C)C)CC4)sc3c2n1CC1CCN(CCOC)CC1. The lowest BCUT2D eigenvalue weighted by molar-refractivity contribution is 0.116. The molecule has 7 nitrogen and oxygen atoms in total. The van der Waals surface area contributed by atoms with Crippen LogP contribution in [0.25, 0.3) is 21.3 Å². The molecule has 3 aromatic heterocycles. The average molecular weight is 527 g/mol. The number of thiophene rings is 1. The largest absolute Gasteiger partial charge is 0.383 e. The predicted octanol–water partition coefficient (Wildman–Crippen LogP) is 5.52. The standard InChI is InChI=1S/C29H46N6OS/c1-5-6-7-25-32-26-27(35(25)19-21-8-12-33(13-9-21)16-17-36-4)28-23(31-29(26)30)18-24(37-28)22-10-14-34(15-11-22)20(2)3/h18,20-22H,5-17,19H2,1-4H3,(H2,30,31). The fourth-order valence-electron chi connectivity index (χ4n) is 6.24. The van der Waals surface area contributed by atoms with E-state index in [0.717, 1.165) is 56.7 Å². The molecule has 5 rings (SSSR count). The Hall–Kier alpha value is -1.74. The summed E-state index contributed by atoms with van der Waals surface area (Å²) in [5.74, 6) is 3.07. The molecule has 204 valence electrons. The van der Waals surface area contributed by atoms with E-state index in [0.29, 0.717) is 23.7 Å². The highest BCUT2D eigenvalue weighted by Crippen LogP contribution is 2.41. The first-order chi connectivity index (χ1) is 18.0. The van der Waals surface area contributed by atoms with E-state index in [-0.39, 0.29) is 0 Å². The van der Waals surface area contributed by atoms with Gasteiger partial charge in [-0.2, -0.15) is 0 Å². The number of piperidine rings is 2. The Bertz CT molecular complexity index is 1170. The van der Waals surface area contributed by atoms with Gasteiger partial charge in [-0.25, -0.2) is 9.97 Å². The zero-order valence-electron chi connectivity index (χ0n) is 23.3. The number of anilines is 1. The second-order valence-corrected chi connectivity index (χ2v) is 12.6. The normalized spacial score (nSPS) is 19.2. The van der Waals surface area contributed by atoms with Gasteiger partial charge in [0, 0.05) is 37.5 Å². The molecule has 2 aliphatic heterocycles. The Balaban J connectivity index is 1.45. The number of unbranched alkanes of at least 4 members (excludes halogenated alkanes) is 1. The minimum absolute atomic E-state index is 0.590. The number of rotatable bonds is 10. The van der Waals surface area contributed by atoms with Crippen molar-refractivity contribution in [2.24, 2.45) is 5.92 Å². The van der Waals surface area contributed by atoms with Gasteiger partial charge in [0.2, 0.25) is 0 Å². The van der Waals surface area contributed by atoms with Gasteiger partial charge in [-0.15, -0.1) is 11.3 Å². The molecule has 0 bridgehead atoms. The van der Waals surface area contributed by atoms with Crippen LogP contribution in [0.2, 0.25) is 0 Å². The van der Waals surface area contributed by atoms with Gasteiger partial charge in [-0.1, -0.05) is 13.3 Å². The van der Waals surface area contributed by atoms with Crippen LogP contribution in [-0.2, 0) is 17.7 Å². The molecule has 3 aromatic rings. The minimum atomic E-state index is 0.590. The van der Waals surface area contributed by atoms with E-state index < -0.39 is 0 Å². The summed E-state index contributed by atoms with van der Waals surface area (Å²) in [7, 11) is 1.79. The van der Waals surface area contributed by atoms with Gasteiger partial charge < -0.3 is 24.8 Å². The molecular formula is C29H46N6OS. The highest BCUT2D eigenvalue weighted by molar-refractivity contribution is 7.20. The number of imidazole rings is 1. The van der Waals surface area contributed by atoms with Crippen molar-refractivity contribution in [2.75, 3.05) is 52.2 Å². The zero-order chi connectivity index (χ0) is 25.9.